The van der Waals surface area contributed by atoms with Crippen LogP contribution in [0.1, 0.15) is 71.2 Å². The fourth-order valence-corrected chi connectivity index (χ4v) is 8.32. The fraction of sp³-hybridized carbons (Fsp3) is 0.588. The van der Waals surface area contributed by atoms with E-state index >= 15 is 4.79 Å². The smallest absolute Gasteiger partial charge is 0.340 e. The van der Waals surface area contributed by atoms with Crippen molar-refractivity contribution in [3.05, 3.63) is 54.4 Å². The third kappa shape index (κ3) is 4.99. The summed E-state index contributed by atoms with van der Waals surface area (Å²) < 4.78 is 31.1. The highest BCUT2D eigenvalue weighted by Crippen LogP contribution is 2.67. The number of esters is 4. The Morgan fingerprint density at radius 3 is 2.36 bits per heavy atom. The summed E-state index contributed by atoms with van der Waals surface area (Å²) in [5, 5.41) is 0. The van der Waals surface area contributed by atoms with Gasteiger partial charge in [-0.2, -0.15) is 0 Å². The first-order valence-corrected chi connectivity index (χ1v) is 15.5. The lowest BCUT2D eigenvalue weighted by Crippen LogP contribution is -2.62. The van der Waals surface area contributed by atoms with Crippen LogP contribution < -0.4 is 0 Å². The van der Waals surface area contributed by atoms with E-state index in [1.807, 2.05) is 13.0 Å². The second-order valence-electron chi connectivity index (χ2n) is 12.9. The predicted octanol–water partition coefficient (Wildman–Crippen LogP) is 3.94. The summed E-state index contributed by atoms with van der Waals surface area (Å²) in [6.07, 6.45) is 3.24. The largest absolute Gasteiger partial charge is 0.461 e. The predicted molar refractivity (Wildman–Crippen MR) is 158 cm³/mol. The number of pyridine rings is 1. The molecular weight excluding hydrogens is 582 g/mol. The molecule has 0 amide bonds. The van der Waals surface area contributed by atoms with E-state index in [4.69, 9.17) is 23.7 Å². The number of allylic oxidation sites excluding steroid dienone is 2. The molecule has 242 valence electrons. The third-order valence-corrected chi connectivity index (χ3v) is 10.1. The molecule has 4 aliphatic rings. The summed E-state index contributed by atoms with van der Waals surface area (Å²) in [6.45, 7) is 13.8. The van der Waals surface area contributed by atoms with Crippen LogP contribution in [-0.2, 0) is 42.9 Å². The van der Waals surface area contributed by atoms with Crippen molar-refractivity contribution in [1.29, 1.82) is 0 Å². The summed E-state index contributed by atoms with van der Waals surface area (Å²) >= 11 is 0. The van der Waals surface area contributed by atoms with Gasteiger partial charge in [0, 0.05) is 50.4 Å². The van der Waals surface area contributed by atoms with E-state index in [1.54, 1.807) is 45.9 Å². The number of ether oxygens (including phenoxy) is 5. The van der Waals surface area contributed by atoms with Crippen molar-refractivity contribution >= 4 is 29.7 Å². The van der Waals surface area contributed by atoms with Gasteiger partial charge in [0.25, 0.3) is 0 Å². The lowest BCUT2D eigenvalue weighted by molar-refractivity contribution is -0.210. The number of rotatable bonds is 8. The van der Waals surface area contributed by atoms with Crippen LogP contribution in [0.2, 0.25) is 0 Å². The Labute approximate surface area is 262 Å². The Balaban J connectivity index is 1.81. The highest BCUT2D eigenvalue weighted by molar-refractivity contribution is 5.98. The minimum atomic E-state index is -1.88. The van der Waals surface area contributed by atoms with Crippen LogP contribution in [0.15, 0.2) is 48.8 Å². The van der Waals surface area contributed by atoms with Crippen molar-refractivity contribution in [1.82, 2.24) is 4.98 Å². The number of Topliss-reactive ketones (excluding diaryl/α,β-unsaturated/α-hetero) is 1. The highest BCUT2D eigenvalue weighted by Gasteiger charge is 2.81. The molecular formula is C34H41NO10. The van der Waals surface area contributed by atoms with Crippen LogP contribution in [-0.4, -0.2) is 70.8 Å². The topological polar surface area (TPSA) is 144 Å². The molecule has 10 atom stereocenters. The molecule has 2 saturated carbocycles. The molecule has 2 heterocycles. The maximum absolute atomic E-state index is 15.1. The molecule has 11 nitrogen and oxygen atoms in total. The summed E-state index contributed by atoms with van der Waals surface area (Å²) in [7, 11) is 0. The van der Waals surface area contributed by atoms with Gasteiger partial charge < -0.3 is 23.7 Å². The van der Waals surface area contributed by atoms with Crippen molar-refractivity contribution in [3.63, 3.8) is 0 Å². The Hall–Kier alpha value is -3.86. The average Bonchev–Trinajstić information content (AvgIpc) is 3.46. The van der Waals surface area contributed by atoms with Gasteiger partial charge in [-0.05, 0) is 38.0 Å². The number of fused-ring (bicyclic) bond motifs is 1. The molecule has 1 aliphatic heterocycles. The minimum absolute atomic E-state index is 0.00493. The van der Waals surface area contributed by atoms with Gasteiger partial charge in [-0.3, -0.25) is 24.2 Å². The van der Waals surface area contributed by atoms with E-state index in [1.165, 1.54) is 19.3 Å². The lowest BCUT2D eigenvalue weighted by atomic mass is 9.55. The first-order valence-electron chi connectivity index (χ1n) is 15.5. The molecule has 45 heavy (non-hydrogen) atoms. The van der Waals surface area contributed by atoms with Crippen molar-refractivity contribution < 1.29 is 47.7 Å². The van der Waals surface area contributed by atoms with Crippen LogP contribution in [0.3, 0.4) is 0 Å². The molecule has 2 bridgehead atoms. The molecule has 3 aliphatic carbocycles. The molecule has 5 rings (SSSR count). The molecule has 0 radical (unpaired) electrons. The number of carbonyl (C=O) groups is 5. The van der Waals surface area contributed by atoms with Gasteiger partial charge >= 0.3 is 23.9 Å². The summed E-state index contributed by atoms with van der Waals surface area (Å²) in [5.41, 5.74) is -3.94. The molecule has 10 unspecified atom stereocenters. The van der Waals surface area contributed by atoms with E-state index in [-0.39, 0.29) is 31.4 Å². The number of hydrogen-bond donors (Lipinski definition) is 0. The Kier molecular flexibility index (Phi) is 8.54. The second kappa shape index (κ2) is 11.8. The summed E-state index contributed by atoms with van der Waals surface area (Å²) in [5.74, 6) is -5.86. The average molecular weight is 624 g/mol. The third-order valence-electron chi connectivity index (χ3n) is 10.1. The number of ketones is 1. The van der Waals surface area contributed by atoms with Gasteiger partial charge in [-0.25, -0.2) is 4.79 Å². The van der Waals surface area contributed by atoms with E-state index in [2.05, 4.69) is 11.6 Å². The van der Waals surface area contributed by atoms with E-state index in [0.717, 1.165) is 0 Å². The molecule has 11 heteroatoms. The van der Waals surface area contributed by atoms with Crippen molar-refractivity contribution in [2.24, 2.45) is 29.1 Å². The zero-order valence-electron chi connectivity index (χ0n) is 26.6. The lowest BCUT2D eigenvalue weighted by Gasteiger charge is -2.51. The standard InChI is InChI=1S/C34H41NO10/c1-8-24(37)43-27-19(5)15-34(45-20(6)36)26(27)29(44-25(38)9-2)33-17-41-32(7,31(34)40)28(33)22(18(3)4)12-13-23(33)42-30(39)21-11-10-14-35-16-21/h10-14,16,19,22-23,26-29H,3,8-9,15,17H2,1-2,4-7H3. The molecule has 3 fully saturated rings. The van der Waals surface area contributed by atoms with E-state index < -0.39 is 88.3 Å². The molecule has 0 spiro atoms. The van der Waals surface area contributed by atoms with Gasteiger partial charge in [0.2, 0.25) is 5.78 Å². The highest BCUT2D eigenvalue weighted by atomic mass is 16.6. The van der Waals surface area contributed by atoms with Gasteiger partial charge in [0.15, 0.2) is 5.60 Å². The van der Waals surface area contributed by atoms with Gasteiger partial charge in [-0.15, -0.1) is 0 Å². The number of carbonyl (C=O) groups excluding carboxylic acids is 5. The van der Waals surface area contributed by atoms with Crippen molar-refractivity contribution in [2.75, 3.05) is 6.61 Å². The quantitative estimate of drug-likeness (QED) is 0.236. The molecule has 1 saturated heterocycles. The fourth-order valence-electron chi connectivity index (χ4n) is 8.32. The normalized spacial score (nSPS) is 37.9. The molecule has 0 N–H and O–H groups in total. The molecule has 1 aromatic heterocycles. The van der Waals surface area contributed by atoms with Crippen LogP contribution >= 0.6 is 0 Å². The van der Waals surface area contributed by atoms with Crippen LogP contribution in [0.25, 0.3) is 0 Å². The van der Waals surface area contributed by atoms with Gasteiger partial charge in [0.05, 0.1) is 23.5 Å². The van der Waals surface area contributed by atoms with Gasteiger partial charge in [-0.1, -0.05) is 39.0 Å². The van der Waals surface area contributed by atoms with E-state index in [0.29, 0.717) is 5.57 Å². The Morgan fingerprint density at radius 2 is 1.76 bits per heavy atom. The summed E-state index contributed by atoms with van der Waals surface area (Å²) in [4.78, 5) is 71.7. The zero-order valence-corrected chi connectivity index (χ0v) is 26.6. The van der Waals surface area contributed by atoms with Crippen LogP contribution in [0.4, 0.5) is 0 Å². The van der Waals surface area contributed by atoms with Crippen molar-refractivity contribution in [3.8, 4) is 0 Å². The number of nitrogens with zero attached hydrogens (tertiary/aromatic N) is 1. The van der Waals surface area contributed by atoms with Crippen LogP contribution in [0.5, 0.6) is 0 Å². The first-order chi connectivity index (χ1) is 21.3. The van der Waals surface area contributed by atoms with Gasteiger partial charge in [0.1, 0.15) is 23.9 Å². The Bertz CT molecular complexity index is 1440. The molecule has 0 aromatic carbocycles. The van der Waals surface area contributed by atoms with E-state index in [9.17, 15) is 19.2 Å². The minimum Gasteiger partial charge on any atom is -0.461 e. The monoisotopic (exact) mass is 623 g/mol. The second-order valence-corrected chi connectivity index (χ2v) is 12.9. The zero-order chi connectivity index (χ0) is 32.9. The summed E-state index contributed by atoms with van der Waals surface area (Å²) in [6, 6.07) is 3.18. The maximum Gasteiger partial charge on any atom is 0.340 e. The van der Waals surface area contributed by atoms with Crippen LogP contribution in [0, 0.1) is 29.1 Å². The Morgan fingerprint density at radius 1 is 1.07 bits per heavy atom. The SMILES string of the molecule is C=C(C)C1C=CC(OC(=O)c2cccnc2)C23COC(C)(C(=O)C4(OC(C)=O)CC(C)C(OC(=O)CC)C4C2OC(=O)CC)C13. The number of hydrogen-bond acceptors (Lipinski definition) is 11. The molecule has 1 aromatic rings. The van der Waals surface area contributed by atoms with Crippen molar-refractivity contribution in [2.45, 2.75) is 90.3 Å². The maximum atomic E-state index is 15.1. The first kappa shape index (κ1) is 32.5. The number of aromatic nitrogens is 1.